The first-order chi connectivity index (χ1) is 12.8. The molecule has 26 heavy (non-hydrogen) atoms. The van der Waals surface area contributed by atoms with Crippen LogP contribution in [-0.4, -0.2) is 29.0 Å². The highest BCUT2D eigenvalue weighted by Gasteiger charge is 2.08. The smallest absolute Gasteiger partial charge is 0.270 e. The molecule has 0 unspecified atom stereocenters. The molecule has 5 heteroatoms. The monoisotopic (exact) mass is 346 g/mol. The van der Waals surface area contributed by atoms with Crippen LogP contribution in [0.15, 0.2) is 72.9 Å². The van der Waals surface area contributed by atoms with Crippen LogP contribution in [0.1, 0.15) is 21.6 Å². The average Bonchev–Trinajstić information content (AvgIpc) is 2.70. The quantitative estimate of drug-likeness (QED) is 0.658. The van der Waals surface area contributed by atoms with Gasteiger partial charge in [0, 0.05) is 19.3 Å². The molecule has 2 N–H and O–H groups in total. The fourth-order valence-corrected chi connectivity index (χ4v) is 2.59. The largest absolute Gasteiger partial charge is 0.354 e. The second kappa shape index (κ2) is 9.32. The predicted molar refractivity (Wildman–Crippen MR) is 103 cm³/mol. The van der Waals surface area contributed by atoms with E-state index >= 15 is 0 Å². The van der Waals surface area contributed by atoms with Crippen molar-refractivity contribution in [2.75, 3.05) is 18.4 Å². The van der Waals surface area contributed by atoms with Crippen molar-refractivity contribution in [2.45, 2.75) is 12.8 Å². The molecule has 3 rings (SSSR count). The highest BCUT2D eigenvalue weighted by Crippen LogP contribution is 2.04. The first kappa shape index (κ1) is 17.6. The van der Waals surface area contributed by atoms with Gasteiger partial charge < -0.3 is 10.6 Å². The second-order valence-corrected chi connectivity index (χ2v) is 5.92. The normalized spacial score (nSPS) is 10.3. The van der Waals surface area contributed by atoms with Crippen molar-refractivity contribution in [3.05, 3.63) is 89.7 Å². The van der Waals surface area contributed by atoms with Gasteiger partial charge in [-0.15, -0.1) is 0 Å². The van der Waals surface area contributed by atoms with Crippen molar-refractivity contribution >= 4 is 11.9 Å². The van der Waals surface area contributed by atoms with Crippen molar-refractivity contribution in [1.29, 1.82) is 0 Å². The molecule has 3 aromatic rings. The van der Waals surface area contributed by atoms with E-state index < -0.39 is 0 Å². The molecule has 132 valence electrons. The number of carbonyl (C=O) groups excluding carboxylic acids is 1. The molecule has 0 atom stereocenters. The van der Waals surface area contributed by atoms with Gasteiger partial charge in [-0.25, -0.2) is 9.97 Å². The number of hydrogen-bond donors (Lipinski definition) is 2. The van der Waals surface area contributed by atoms with Gasteiger partial charge in [-0.05, 0) is 30.0 Å². The molecule has 0 aliphatic rings. The van der Waals surface area contributed by atoms with Crippen LogP contribution in [-0.2, 0) is 12.8 Å². The van der Waals surface area contributed by atoms with Crippen LogP contribution >= 0.6 is 0 Å². The molecule has 0 saturated heterocycles. The Hall–Kier alpha value is -3.21. The Bertz CT molecular complexity index is 822. The van der Waals surface area contributed by atoms with E-state index in [2.05, 4.69) is 32.7 Å². The highest BCUT2D eigenvalue weighted by molar-refractivity contribution is 5.92. The number of anilines is 1. The Morgan fingerprint density at radius 3 is 2.08 bits per heavy atom. The molecule has 1 aromatic heterocycles. The van der Waals surface area contributed by atoms with Crippen molar-refractivity contribution < 1.29 is 4.79 Å². The van der Waals surface area contributed by atoms with Gasteiger partial charge in [-0.3, -0.25) is 4.79 Å². The zero-order valence-electron chi connectivity index (χ0n) is 14.6. The van der Waals surface area contributed by atoms with Gasteiger partial charge in [0.15, 0.2) is 0 Å². The minimum atomic E-state index is -0.186. The van der Waals surface area contributed by atoms with Gasteiger partial charge in [0.05, 0.1) is 0 Å². The van der Waals surface area contributed by atoms with Crippen molar-refractivity contribution in [3.8, 4) is 0 Å². The van der Waals surface area contributed by atoms with Gasteiger partial charge >= 0.3 is 0 Å². The Morgan fingerprint density at radius 2 is 1.42 bits per heavy atom. The van der Waals surface area contributed by atoms with Crippen LogP contribution in [0.4, 0.5) is 5.95 Å². The molecule has 1 amide bonds. The first-order valence-corrected chi connectivity index (χ1v) is 8.74. The molecule has 2 aromatic carbocycles. The Morgan fingerprint density at radius 1 is 0.808 bits per heavy atom. The number of hydrogen-bond acceptors (Lipinski definition) is 4. The maximum absolute atomic E-state index is 12.3. The fourth-order valence-electron chi connectivity index (χ4n) is 2.59. The maximum atomic E-state index is 12.3. The lowest BCUT2D eigenvalue weighted by atomic mass is 10.1. The molecule has 0 saturated carbocycles. The van der Waals surface area contributed by atoms with E-state index in [0.29, 0.717) is 24.7 Å². The van der Waals surface area contributed by atoms with E-state index in [0.717, 1.165) is 12.8 Å². The zero-order valence-corrected chi connectivity index (χ0v) is 14.6. The maximum Gasteiger partial charge on any atom is 0.270 e. The number of nitrogens with one attached hydrogen (secondary N) is 2. The van der Waals surface area contributed by atoms with E-state index in [1.807, 2.05) is 48.5 Å². The fraction of sp³-hybridized carbons (Fsp3) is 0.190. The van der Waals surface area contributed by atoms with E-state index in [-0.39, 0.29) is 5.91 Å². The molecule has 0 spiro atoms. The predicted octanol–water partition coefficient (Wildman–Crippen LogP) is 3.10. The molecule has 0 radical (unpaired) electrons. The third-order valence-electron chi connectivity index (χ3n) is 3.97. The summed E-state index contributed by atoms with van der Waals surface area (Å²) in [6, 6.07) is 21.9. The minimum Gasteiger partial charge on any atom is -0.354 e. The van der Waals surface area contributed by atoms with Gasteiger partial charge in [0.25, 0.3) is 5.91 Å². The van der Waals surface area contributed by atoms with Crippen molar-refractivity contribution in [1.82, 2.24) is 15.3 Å². The molecule has 5 nitrogen and oxygen atoms in total. The first-order valence-electron chi connectivity index (χ1n) is 8.74. The Balaban J connectivity index is 1.47. The number of benzene rings is 2. The number of nitrogens with zero attached hydrogens (tertiary/aromatic N) is 2. The summed E-state index contributed by atoms with van der Waals surface area (Å²) in [7, 11) is 0. The van der Waals surface area contributed by atoms with E-state index in [1.54, 1.807) is 12.3 Å². The van der Waals surface area contributed by atoms with Crippen molar-refractivity contribution in [3.63, 3.8) is 0 Å². The summed E-state index contributed by atoms with van der Waals surface area (Å²) in [4.78, 5) is 20.7. The van der Waals surface area contributed by atoms with E-state index in [9.17, 15) is 4.79 Å². The third kappa shape index (κ3) is 5.41. The number of rotatable bonds is 8. The van der Waals surface area contributed by atoms with Gasteiger partial charge in [-0.1, -0.05) is 60.7 Å². The molecule has 0 aliphatic heterocycles. The van der Waals surface area contributed by atoms with Crippen LogP contribution in [0.3, 0.4) is 0 Å². The van der Waals surface area contributed by atoms with Crippen molar-refractivity contribution in [2.24, 2.45) is 0 Å². The summed E-state index contributed by atoms with van der Waals surface area (Å²) in [5, 5.41) is 6.07. The SMILES string of the molecule is O=C(NCCc1ccccc1)c1ccnc(NCCc2ccccc2)n1. The average molecular weight is 346 g/mol. The van der Waals surface area contributed by atoms with Gasteiger partial charge in [0.2, 0.25) is 5.95 Å². The summed E-state index contributed by atoms with van der Waals surface area (Å²) >= 11 is 0. The van der Waals surface area contributed by atoms with E-state index in [4.69, 9.17) is 0 Å². The molecular weight excluding hydrogens is 324 g/mol. The number of aromatic nitrogens is 2. The third-order valence-corrected chi connectivity index (χ3v) is 3.97. The Kier molecular flexibility index (Phi) is 6.31. The standard InChI is InChI=1S/C21H22N4O/c26-20(22-14-11-17-7-3-1-4-8-17)19-13-16-24-21(25-19)23-15-12-18-9-5-2-6-10-18/h1-10,13,16H,11-12,14-15H2,(H,22,26)(H,23,24,25). The van der Waals surface area contributed by atoms with Crippen LogP contribution in [0.5, 0.6) is 0 Å². The van der Waals surface area contributed by atoms with Crippen LogP contribution in [0, 0.1) is 0 Å². The lowest BCUT2D eigenvalue weighted by Crippen LogP contribution is -2.27. The summed E-state index contributed by atoms with van der Waals surface area (Å²) in [6.45, 7) is 1.28. The topological polar surface area (TPSA) is 66.9 Å². The minimum absolute atomic E-state index is 0.186. The van der Waals surface area contributed by atoms with E-state index in [1.165, 1.54) is 11.1 Å². The summed E-state index contributed by atoms with van der Waals surface area (Å²) < 4.78 is 0. The highest BCUT2D eigenvalue weighted by atomic mass is 16.1. The number of carbonyl (C=O) groups is 1. The Labute approximate surface area is 153 Å². The second-order valence-electron chi connectivity index (χ2n) is 5.92. The van der Waals surface area contributed by atoms with Crippen LogP contribution in [0.25, 0.3) is 0 Å². The molecular formula is C21H22N4O. The van der Waals surface area contributed by atoms with Gasteiger partial charge in [0.1, 0.15) is 5.69 Å². The molecule has 0 fully saturated rings. The summed E-state index contributed by atoms with van der Waals surface area (Å²) in [5.41, 5.74) is 2.81. The summed E-state index contributed by atoms with van der Waals surface area (Å²) in [6.07, 6.45) is 3.27. The molecule has 1 heterocycles. The lowest BCUT2D eigenvalue weighted by molar-refractivity contribution is 0.0949. The lowest BCUT2D eigenvalue weighted by Gasteiger charge is -2.08. The number of amides is 1. The van der Waals surface area contributed by atoms with Gasteiger partial charge in [-0.2, -0.15) is 0 Å². The van der Waals surface area contributed by atoms with Crippen LogP contribution < -0.4 is 10.6 Å². The van der Waals surface area contributed by atoms with Crippen LogP contribution in [0.2, 0.25) is 0 Å². The molecule has 0 bridgehead atoms. The zero-order chi connectivity index (χ0) is 18.0. The summed E-state index contributed by atoms with van der Waals surface area (Å²) in [5.74, 6) is 0.283. The molecule has 0 aliphatic carbocycles.